The van der Waals surface area contributed by atoms with Gasteiger partial charge in [0.15, 0.2) is 11.6 Å². The average molecular weight is 336 g/mol. The fraction of sp³-hybridized carbons (Fsp3) is 0.316. The van der Waals surface area contributed by atoms with Crippen molar-refractivity contribution in [1.82, 2.24) is 14.8 Å². The van der Waals surface area contributed by atoms with Gasteiger partial charge in [0.25, 0.3) is 5.91 Å². The predicted molar refractivity (Wildman–Crippen MR) is 94.4 cm³/mol. The fourth-order valence-electron chi connectivity index (χ4n) is 3.15. The quantitative estimate of drug-likeness (QED) is 0.789. The molecule has 0 aliphatic carbocycles. The van der Waals surface area contributed by atoms with Crippen molar-refractivity contribution in [3.05, 3.63) is 53.7 Å². The smallest absolute Gasteiger partial charge is 0.291 e. The van der Waals surface area contributed by atoms with Gasteiger partial charge in [0.05, 0.1) is 0 Å². The molecule has 0 radical (unpaired) electrons. The molecule has 4 rings (SSSR count). The standard InChI is InChI=1S/C19H20N4O2/c1-13-6-11-16(25-13)19(24)20-15-9-7-14(8-10-15)18-22-21-17-5-3-2-4-12-23(17)18/h6-11H,2-5,12H2,1H3,(H,20,24). The second-order valence-electron chi connectivity index (χ2n) is 6.34. The zero-order valence-corrected chi connectivity index (χ0v) is 14.2. The molecule has 3 heterocycles. The number of anilines is 1. The lowest BCUT2D eigenvalue weighted by Gasteiger charge is -2.08. The summed E-state index contributed by atoms with van der Waals surface area (Å²) in [5.41, 5.74) is 1.73. The molecule has 25 heavy (non-hydrogen) atoms. The van der Waals surface area contributed by atoms with Crippen LogP contribution < -0.4 is 5.32 Å². The first kappa shape index (κ1) is 15.6. The third-order valence-electron chi connectivity index (χ3n) is 4.47. The number of nitrogens with one attached hydrogen (secondary N) is 1. The van der Waals surface area contributed by atoms with Crippen LogP contribution in [0.2, 0.25) is 0 Å². The molecule has 0 unspecified atom stereocenters. The molecule has 0 atom stereocenters. The van der Waals surface area contributed by atoms with Gasteiger partial charge in [-0.3, -0.25) is 4.79 Å². The number of rotatable bonds is 3. The molecule has 6 nitrogen and oxygen atoms in total. The number of fused-ring (bicyclic) bond motifs is 1. The Bertz CT molecular complexity index is 893. The minimum absolute atomic E-state index is 0.253. The van der Waals surface area contributed by atoms with E-state index in [1.165, 1.54) is 12.8 Å². The number of amides is 1. The van der Waals surface area contributed by atoms with Gasteiger partial charge in [-0.25, -0.2) is 0 Å². The van der Waals surface area contributed by atoms with Gasteiger partial charge in [-0.15, -0.1) is 10.2 Å². The molecule has 128 valence electrons. The molecule has 1 amide bonds. The van der Waals surface area contributed by atoms with E-state index in [2.05, 4.69) is 20.1 Å². The van der Waals surface area contributed by atoms with Crippen LogP contribution in [0.3, 0.4) is 0 Å². The minimum atomic E-state index is -0.253. The van der Waals surface area contributed by atoms with Crippen LogP contribution in [0, 0.1) is 6.92 Å². The summed E-state index contributed by atoms with van der Waals surface area (Å²) in [7, 11) is 0. The molecule has 1 aromatic carbocycles. The summed E-state index contributed by atoms with van der Waals surface area (Å²) in [6.45, 7) is 2.78. The van der Waals surface area contributed by atoms with E-state index < -0.39 is 0 Å². The highest BCUT2D eigenvalue weighted by molar-refractivity contribution is 6.02. The third-order valence-corrected chi connectivity index (χ3v) is 4.47. The van der Waals surface area contributed by atoms with Gasteiger partial charge in [-0.1, -0.05) is 6.42 Å². The monoisotopic (exact) mass is 336 g/mol. The number of hydrogen-bond acceptors (Lipinski definition) is 4. The Hall–Kier alpha value is -2.89. The van der Waals surface area contributed by atoms with E-state index in [0.717, 1.165) is 42.3 Å². The topological polar surface area (TPSA) is 73.0 Å². The first-order valence-corrected chi connectivity index (χ1v) is 8.61. The number of furan rings is 1. The zero-order valence-electron chi connectivity index (χ0n) is 14.2. The van der Waals surface area contributed by atoms with Crippen LogP contribution in [0.15, 0.2) is 40.8 Å². The number of carbonyl (C=O) groups is 1. The van der Waals surface area contributed by atoms with Crippen molar-refractivity contribution in [2.45, 2.75) is 39.2 Å². The van der Waals surface area contributed by atoms with Gasteiger partial charge in [0, 0.05) is 24.2 Å². The van der Waals surface area contributed by atoms with Gasteiger partial charge in [0.1, 0.15) is 11.6 Å². The summed E-state index contributed by atoms with van der Waals surface area (Å²) in [5.74, 6) is 2.74. The van der Waals surface area contributed by atoms with Gasteiger partial charge in [-0.2, -0.15) is 0 Å². The summed E-state index contributed by atoms with van der Waals surface area (Å²) in [6.07, 6.45) is 4.56. The summed E-state index contributed by atoms with van der Waals surface area (Å²) >= 11 is 0. The number of benzene rings is 1. The summed E-state index contributed by atoms with van der Waals surface area (Å²) in [5, 5.41) is 11.5. The predicted octanol–water partition coefficient (Wildman–Crippen LogP) is 3.83. The van der Waals surface area contributed by atoms with Gasteiger partial charge >= 0.3 is 0 Å². The molecular formula is C19H20N4O2. The maximum absolute atomic E-state index is 12.1. The second-order valence-corrected chi connectivity index (χ2v) is 6.34. The highest BCUT2D eigenvalue weighted by atomic mass is 16.3. The molecule has 3 aromatic rings. The van der Waals surface area contributed by atoms with Crippen molar-refractivity contribution >= 4 is 11.6 Å². The van der Waals surface area contributed by atoms with E-state index in [-0.39, 0.29) is 5.91 Å². The number of hydrogen-bond donors (Lipinski definition) is 1. The lowest BCUT2D eigenvalue weighted by molar-refractivity contribution is 0.0995. The minimum Gasteiger partial charge on any atom is -0.456 e. The normalized spacial score (nSPS) is 14.0. The van der Waals surface area contributed by atoms with Crippen LogP contribution in [-0.4, -0.2) is 20.7 Å². The average Bonchev–Trinajstić information content (AvgIpc) is 3.16. The van der Waals surface area contributed by atoms with Crippen molar-refractivity contribution in [3.63, 3.8) is 0 Å². The Kier molecular flexibility index (Phi) is 4.09. The summed E-state index contributed by atoms with van der Waals surface area (Å²) in [6, 6.07) is 11.1. The van der Waals surface area contributed by atoms with Gasteiger partial charge in [-0.05, 0) is 56.2 Å². The second kappa shape index (κ2) is 6.55. The van der Waals surface area contributed by atoms with Crippen LogP contribution >= 0.6 is 0 Å². The lowest BCUT2D eigenvalue weighted by atomic mass is 10.2. The van der Waals surface area contributed by atoms with E-state index in [1.807, 2.05) is 31.2 Å². The highest BCUT2D eigenvalue weighted by Gasteiger charge is 2.16. The molecule has 1 N–H and O–H groups in total. The van der Waals surface area contributed by atoms with Crippen molar-refractivity contribution < 1.29 is 9.21 Å². The largest absolute Gasteiger partial charge is 0.456 e. The van der Waals surface area contributed by atoms with Crippen LogP contribution in [-0.2, 0) is 13.0 Å². The molecule has 0 fully saturated rings. The maximum Gasteiger partial charge on any atom is 0.291 e. The zero-order chi connectivity index (χ0) is 17.2. The lowest BCUT2D eigenvalue weighted by Crippen LogP contribution is -2.10. The van der Waals surface area contributed by atoms with Crippen molar-refractivity contribution in [3.8, 4) is 11.4 Å². The Balaban J connectivity index is 1.52. The number of nitrogens with zero attached hydrogens (tertiary/aromatic N) is 3. The van der Waals surface area contributed by atoms with E-state index in [0.29, 0.717) is 11.5 Å². The number of aromatic nitrogens is 3. The van der Waals surface area contributed by atoms with Crippen LogP contribution in [0.4, 0.5) is 5.69 Å². The van der Waals surface area contributed by atoms with E-state index in [9.17, 15) is 4.79 Å². The van der Waals surface area contributed by atoms with Crippen molar-refractivity contribution in [2.75, 3.05) is 5.32 Å². The molecule has 1 aliphatic heterocycles. The molecule has 2 aromatic heterocycles. The third kappa shape index (κ3) is 3.20. The number of carbonyl (C=O) groups excluding carboxylic acids is 1. The van der Waals surface area contributed by atoms with Crippen molar-refractivity contribution in [2.24, 2.45) is 0 Å². The first-order chi connectivity index (χ1) is 12.2. The van der Waals surface area contributed by atoms with E-state index in [4.69, 9.17) is 4.42 Å². The number of aryl methyl sites for hydroxylation is 2. The molecule has 6 heteroatoms. The summed E-state index contributed by atoms with van der Waals surface area (Å²) in [4.78, 5) is 12.1. The van der Waals surface area contributed by atoms with Gasteiger partial charge < -0.3 is 14.3 Å². The molecule has 0 bridgehead atoms. The first-order valence-electron chi connectivity index (χ1n) is 8.61. The highest BCUT2D eigenvalue weighted by Crippen LogP contribution is 2.24. The molecule has 0 saturated heterocycles. The SMILES string of the molecule is Cc1ccc(C(=O)Nc2ccc(-c3nnc4n3CCCCC4)cc2)o1. The van der Waals surface area contributed by atoms with E-state index in [1.54, 1.807) is 12.1 Å². The Morgan fingerprint density at radius 1 is 1.08 bits per heavy atom. The van der Waals surface area contributed by atoms with Crippen LogP contribution in [0.1, 0.15) is 41.4 Å². The van der Waals surface area contributed by atoms with E-state index >= 15 is 0 Å². The Morgan fingerprint density at radius 2 is 1.92 bits per heavy atom. The molecule has 0 saturated carbocycles. The summed E-state index contributed by atoms with van der Waals surface area (Å²) < 4.78 is 7.56. The maximum atomic E-state index is 12.1. The van der Waals surface area contributed by atoms with Crippen molar-refractivity contribution in [1.29, 1.82) is 0 Å². The van der Waals surface area contributed by atoms with Gasteiger partial charge in [0.2, 0.25) is 0 Å². The fourth-order valence-corrected chi connectivity index (χ4v) is 3.15. The Labute approximate surface area is 145 Å². The Morgan fingerprint density at radius 3 is 2.68 bits per heavy atom. The molecule has 0 spiro atoms. The molecule has 1 aliphatic rings. The molecular weight excluding hydrogens is 316 g/mol. The van der Waals surface area contributed by atoms with Crippen LogP contribution in [0.5, 0.6) is 0 Å². The van der Waals surface area contributed by atoms with Crippen LogP contribution in [0.25, 0.3) is 11.4 Å².